The number of hydrogen-bond acceptors (Lipinski definition) is 2. The van der Waals surface area contributed by atoms with Crippen LogP contribution in [0.3, 0.4) is 0 Å². The van der Waals surface area contributed by atoms with E-state index in [9.17, 15) is 8.78 Å². The molecule has 2 aromatic rings. The largest absolute Gasteiger partial charge is 0.496 e. The number of allylic oxidation sites excluding steroid dienone is 2. The van der Waals surface area contributed by atoms with Crippen LogP contribution >= 0.6 is 15.9 Å². The van der Waals surface area contributed by atoms with Gasteiger partial charge in [0, 0.05) is 22.0 Å². The molecule has 124 valence electrons. The number of nitrogens with one attached hydrogen (secondary N) is 1. The maximum absolute atomic E-state index is 14.4. The summed E-state index contributed by atoms with van der Waals surface area (Å²) in [6, 6.07) is 8.07. The van der Waals surface area contributed by atoms with E-state index in [0.717, 1.165) is 28.3 Å². The number of benzene rings is 2. The van der Waals surface area contributed by atoms with Crippen LogP contribution in [0, 0.1) is 17.6 Å². The standard InChI is InChI=1S/C19H16BrF2NO/c1-24-17-6-5-10(20)7-15(17)18-13-4-2-3-12(13)14-8-11(21)9-16(22)19(14)23-18/h2-3,5-9,12-13,18,23H,4H2,1H3/t12-,13+,18+/m0/s1. The van der Waals surface area contributed by atoms with Gasteiger partial charge in [-0.3, -0.25) is 0 Å². The molecular formula is C19H16BrF2NO. The van der Waals surface area contributed by atoms with Crippen LogP contribution in [0.4, 0.5) is 14.5 Å². The molecule has 0 fully saturated rings. The summed E-state index contributed by atoms with van der Waals surface area (Å²) >= 11 is 3.50. The Labute approximate surface area is 147 Å². The molecular weight excluding hydrogens is 376 g/mol. The lowest BCUT2D eigenvalue weighted by atomic mass is 9.76. The smallest absolute Gasteiger partial charge is 0.149 e. The average Bonchev–Trinajstić information content (AvgIpc) is 3.04. The van der Waals surface area contributed by atoms with E-state index in [2.05, 4.69) is 33.4 Å². The van der Waals surface area contributed by atoms with Gasteiger partial charge in [0.2, 0.25) is 0 Å². The summed E-state index contributed by atoms with van der Waals surface area (Å²) in [5.74, 6) is -0.136. The van der Waals surface area contributed by atoms with E-state index in [4.69, 9.17) is 4.74 Å². The van der Waals surface area contributed by atoms with E-state index < -0.39 is 11.6 Å². The molecule has 1 heterocycles. The topological polar surface area (TPSA) is 21.3 Å². The van der Waals surface area contributed by atoms with Crippen molar-refractivity contribution in [1.82, 2.24) is 0 Å². The van der Waals surface area contributed by atoms with Crippen LogP contribution in [0.25, 0.3) is 0 Å². The lowest BCUT2D eigenvalue weighted by Crippen LogP contribution is -2.30. The maximum Gasteiger partial charge on any atom is 0.149 e. The van der Waals surface area contributed by atoms with Crippen molar-refractivity contribution >= 4 is 21.6 Å². The molecule has 4 rings (SSSR count). The van der Waals surface area contributed by atoms with Crippen molar-refractivity contribution in [2.45, 2.75) is 18.4 Å². The monoisotopic (exact) mass is 391 g/mol. The highest BCUT2D eigenvalue weighted by molar-refractivity contribution is 9.10. The van der Waals surface area contributed by atoms with Crippen LogP contribution < -0.4 is 10.1 Å². The highest BCUT2D eigenvalue weighted by Crippen LogP contribution is 2.52. The van der Waals surface area contributed by atoms with Gasteiger partial charge in [-0.25, -0.2) is 8.78 Å². The summed E-state index contributed by atoms with van der Waals surface area (Å²) in [7, 11) is 1.63. The van der Waals surface area contributed by atoms with Gasteiger partial charge in [0.15, 0.2) is 0 Å². The zero-order valence-corrected chi connectivity index (χ0v) is 14.6. The molecule has 2 aliphatic rings. The predicted molar refractivity (Wildman–Crippen MR) is 93.4 cm³/mol. The third-order valence-corrected chi connectivity index (χ3v) is 5.41. The highest BCUT2D eigenvalue weighted by Gasteiger charge is 2.40. The summed E-state index contributed by atoms with van der Waals surface area (Å²) in [6.07, 6.45) is 5.00. The molecule has 24 heavy (non-hydrogen) atoms. The van der Waals surface area contributed by atoms with E-state index in [1.165, 1.54) is 6.07 Å². The summed E-state index contributed by atoms with van der Waals surface area (Å²) in [6.45, 7) is 0. The third-order valence-electron chi connectivity index (χ3n) is 4.91. The molecule has 0 bridgehead atoms. The number of rotatable bonds is 2. The molecule has 1 N–H and O–H groups in total. The molecule has 1 aliphatic carbocycles. The molecule has 2 nitrogen and oxygen atoms in total. The minimum atomic E-state index is -0.553. The Bertz CT molecular complexity index is 836. The molecule has 2 aromatic carbocycles. The first-order chi connectivity index (χ1) is 11.6. The van der Waals surface area contributed by atoms with Crippen LogP contribution in [0.15, 0.2) is 47.0 Å². The van der Waals surface area contributed by atoms with Crippen LogP contribution in [-0.4, -0.2) is 7.11 Å². The zero-order chi connectivity index (χ0) is 16.8. The number of ether oxygens (including phenoxy) is 1. The molecule has 1 aliphatic heterocycles. The van der Waals surface area contributed by atoms with Crippen molar-refractivity contribution in [3.8, 4) is 5.75 Å². The van der Waals surface area contributed by atoms with Crippen LogP contribution in [0.2, 0.25) is 0 Å². The SMILES string of the molecule is COc1ccc(Br)cc1[C@@H]1Nc2c(F)cc(F)cc2[C@H]2C=CC[C@H]21. The fourth-order valence-corrected chi connectivity index (χ4v) is 4.26. The second-order valence-electron chi connectivity index (χ2n) is 6.21. The quantitative estimate of drug-likeness (QED) is 0.676. The molecule has 5 heteroatoms. The molecule has 0 radical (unpaired) electrons. The number of anilines is 1. The highest BCUT2D eigenvalue weighted by atomic mass is 79.9. The van der Waals surface area contributed by atoms with Crippen molar-refractivity contribution in [2.75, 3.05) is 12.4 Å². The number of methoxy groups -OCH3 is 1. The molecule has 0 saturated carbocycles. The Balaban J connectivity index is 1.86. The Morgan fingerprint density at radius 2 is 2.00 bits per heavy atom. The van der Waals surface area contributed by atoms with Gasteiger partial charge in [-0.05, 0) is 42.2 Å². The van der Waals surface area contributed by atoms with Crippen LogP contribution in [0.5, 0.6) is 5.75 Å². The van der Waals surface area contributed by atoms with Gasteiger partial charge in [-0.2, -0.15) is 0 Å². The van der Waals surface area contributed by atoms with Gasteiger partial charge in [-0.1, -0.05) is 28.1 Å². The first kappa shape index (κ1) is 15.6. The Morgan fingerprint density at radius 3 is 2.79 bits per heavy atom. The van der Waals surface area contributed by atoms with E-state index in [-0.39, 0.29) is 17.9 Å². The lowest BCUT2D eigenvalue weighted by Gasteiger charge is -2.38. The van der Waals surface area contributed by atoms with E-state index in [1.54, 1.807) is 7.11 Å². The Hall–Kier alpha value is -1.88. The molecule has 0 spiro atoms. The molecule has 0 amide bonds. The van der Waals surface area contributed by atoms with Crippen molar-refractivity contribution < 1.29 is 13.5 Å². The van der Waals surface area contributed by atoms with Crippen molar-refractivity contribution in [3.05, 3.63) is 69.7 Å². The number of hydrogen-bond donors (Lipinski definition) is 1. The molecule has 0 unspecified atom stereocenters. The second-order valence-corrected chi connectivity index (χ2v) is 7.13. The zero-order valence-electron chi connectivity index (χ0n) is 13.0. The maximum atomic E-state index is 14.4. The van der Waals surface area contributed by atoms with E-state index >= 15 is 0 Å². The number of halogens is 3. The third kappa shape index (κ3) is 2.42. The van der Waals surface area contributed by atoms with E-state index in [0.29, 0.717) is 11.3 Å². The van der Waals surface area contributed by atoms with Gasteiger partial charge in [0.05, 0.1) is 18.8 Å². The van der Waals surface area contributed by atoms with Crippen LogP contribution in [-0.2, 0) is 0 Å². The van der Waals surface area contributed by atoms with Gasteiger partial charge < -0.3 is 10.1 Å². The van der Waals surface area contributed by atoms with Crippen molar-refractivity contribution in [2.24, 2.45) is 5.92 Å². The summed E-state index contributed by atoms with van der Waals surface area (Å²) in [4.78, 5) is 0. The van der Waals surface area contributed by atoms with Crippen LogP contribution in [0.1, 0.15) is 29.5 Å². The minimum absolute atomic E-state index is 0.000128. The average molecular weight is 392 g/mol. The van der Waals surface area contributed by atoms with E-state index in [1.807, 2.05) is 18.2 Å². The Kier molecular flexibility index (Phi) is 3.83. The molecule has 0 aromatic heterocycles. The normalized spacial score (nSPS) is 24.2. The van der Waals surface area contributed by atoms with Crippen molar-refractivity contribution in [3.63, 3.8) is 0 Å². The molecule has 3 atom stereocenters. The van der Waals surface area contributed by atoms with Gasteiger partial charge in [-0.15, -0.1) is 0 Å². The molecule has 0 saturated heterocycles. The first-order valence-corrected chi connectivity index (χ1v) is 8.63. The van der Waals surface area contributed by atoms with Crippen molar-refractivity contribution in [1.29, 1.82) is 0 Å². The first-order valence-electron chi connectivity index (χ1n) is 7.84. The Morgan fingerprint density at radius 1 is 1.17 bits per heavy atom. The predicted octanol–water partition coefficient (Wildman–Crippen LogP) is 5.56. The summed E-state index contributed by atoms with van der Waals surface area (Å²) < 4.78 is 34.5. The second kappa shape index (κ2) is 5.88. The minimum Gasteiger partial charge on any atom is -0.496 e. The summed E-state index contributed by atoms with van der Waals surface area (Å²) in [5.41, 5.74) is 2.05. The summed E-state index contributed by atoms with van der Waals surface area (Å²) in [5, 5.41) is 3.30. The number of fused-ring (bicyclic) bond motifs is 3. The lowest BCUT2D eigenvalue weighted by molar-refractivity contribution is 0.378. The fraction of sp³-hybridized carbons (Fsp3) is 0.263. The van der Waals surface area contributed by atoms with Gasteiger partial charge >= 0.3 is 0 Å². The van der Waals surface area contributed by atoms with Gasteiger partial charge in [0.25, 0.3) is 0 Å². The fourth-order valence-electron chi connectivity index (χ4n) is 3.88. The van der Waals surface area contributed by atoms with Gasteiger partial charge in [0.1, 0.15) is 17.4 Å².